The Morgan fingerprint density at radius 1 is 1.09 bits per heavy atom. The van der Waals surface area contributed by atoms with Crippen LogP contribution in [0.25, 0.3) is 0 Å². The quantitative estimate of drug-likeness (QED) is 0.478. The predicted molar refractivity (Wildman–Crippen MR) is 120 cm³/mol. The summed E-state index contributed by atoms with van der Waals surface area (Å²) < 4.78 is 86.8. The molecule has 0 radical (unpaired) electrons. The Balaban J connectivity index is 1.69. The summed E-state index contributed by atoms with van der Waals surface area (Å²) in [6.07, 6.45) is -4.33. The van der Waals surface area contributed by atoms with Gasteiger partial charge in [0, 0.05) is 24.2 Å². The van der Waals surface area contributed by atoms with Gasteiger partial charge in [-0.05, 0) is 48.4 Å². The summed E-state index contributed by atoms with van der Waals surface area (Å²) in [6, 6.07) is 11.8. The maximum absolute atomic E-state index is 14.0. The molecule has 2 N–H and O–H groups in total. The number of halogens is 5. The molecule has 3 aromatic rings. The third kappa shape index (κ3) is 4.84. The van der Waals surface area contributed by atoms with Crippen LogP contribution < -0.4 is 14.8 Å². The number of nitrogens with zero attached hydrogens (tertiary/aromatic N) is 1. The summed E-state index contributed by atoms with van der Waals surface area (Å²) in [4.78, 5) is -0.508. The third-order valence-electron chi connectivity index (χ3n) is 5.40. The van der Waals surface area contributed by atoms with E-state index in [-0.39, 0.29) is 35.2 Å². The highest BCUT2D eigenvalue weighted by molar-refractivity contribution is 7.92. The van der Waals surface area contributed by atoms with Crippen LogP contribution in [0.3, 0.4) is 0 Å². The highest BCUT2D eigenvalue weighted by Crippen LogP contribution is 2.37. The number of hydrogen-bond acceptors (Lipinski definition) is 4. The number of sulfonamides is 1. The van der Waals surface area contributed by atoms with Gasteiger partial charge in [0.2, 0.25) is 0 Å². The molecule has 34 heavy (non-hydrogen) atoms. The minimum absolute atomic E-state index is 0.131. The van der Waals surface area contributed by atoms with E-state index < -0.39 is 38.5 Å². The second-order valence-corrected chi connectivity index (χ2v) is 10.1. The maximum Gasteiger partial charge on any atom is 0.416 e. The number of fused-ring (bicyclic) bond motifs is 1. The summed E-state index contributed by atoms with van der Waals surface area (Å²) in [5.41, 5.74) is 5.93. The van der Waals surface area contributed by atoms with E-state index in [9.17, 15) is 26.0 Å². The normalized spacial score (nSPS) is 16.3. The van der Waals surface area contributed by atoms with Crippen molar-refractivity contribution in [3.8, 4) is 5.75 Å². The van der Waals surface area contributed by atoms with E-state index in [2.05, 4.69) is 0 Å². The second-order valence-electron chi connectivity index (χ2n) is 7.81. The second kappa shape index (κ2) is 9.09. The molecule has 1 aliphatic rings. The van der Waals surface area contributed by atoms with Crippen LogP contribution in [-0.2, 0) is 29.2 Å². The van der Waals surface area contributed by atoms with Crippen LogP contribution in [0.1, 0.15) is 16.7 Å². The van der Waals surface area contributed by atoms with E-state index in [4.69, 9.17) is 22.1 Å². The molecule has 5 nitrogen and oxygen atoms in total. The van der Waals surface area contributed by atoms with Gasteiger partial charge >= 0.3 is 6.18 Å². The lowest BCUT2D eigenvalue weighted by atomic mass is 10.00. The highest BCUT2D eigenvalue weighted by Gasteiger charge is 2.35. The van der Waals surface area contributed by atoms with Crippen LogP contribution in [-0.4, -0.2) is 21.0 Å². The van der Waals surface area contributed by atoms with E-state index in [0.717, 1.165) is 22.5 Å². The summed E-state index contributed by atoms with van der Waals surface area (Å²) in [7, 11) is -4.37. The summed E-state index contributed by atoms with van der Waals surface area (Å²) in [5.74, 6) is -0.317. The van der Waals surface area contributed by atoms with Gasteiger partial charge in [0.1, 0.15) is 18.2 Å². The molecule has 0 aliphatic carbocycles. The van der Waals surface area contributed by atoms with Gasteiger partial charge in [0.15, 0.2) is 0 Å². The first-order chi connectivity index (χ1) is 16.0. The fourth-order valence-electron chi connectivity index (χ4n) is 3.71. The lowest BCUT2D eigenvalue weighted by molar-refractivity contribution is -0.137. The molecule has 0 aromatic heterocycles. The summed E-state index contributed by atoms with van der Waals surface area (Å²) >= 11 is 6.02. The average Bonchev–Trinajstić information content (AvgIpc) is 2.78. The van der Waals surface area contributed by atoms with Crippen LogP contribution in [0.5, 0.6) is 5.75 Å². The lowest BCUT2D eigenvalue weighted by Gasteiger charge is -2.34. The first-order valence-electron chi connectivity index (χ1n) is 10.1. The molecule has 0 fully saturated rings. The molecule has 4 rings (SSSR count). The van der Waals surface area contributed by atoms with Gasteiger partial charge in [0.25, 0.3) is 10.0 Å². The van der Waals surface area contributed by atoms with E-state index in [1.54, 1.807) is 12.1 Å². The minimum Gasteiger partial charge on any atom is -0.489 e. The molecule has 1 aliphatic heterocycles. The molecule has 1 unspecified atom stereocenters. The van der Waals surface area contributed by atoms with Crippen molar-refractivity contribution in [2.75, 3.05) is 10.8 Å². The van der Waals surface area contributed by atoms with Gasteiger partial charge in [-0.2, -0.15) is 13.2 Å². The Labute approximate surface area is 198 Å². The predicted octanol–water partition coefficient (Wildman–Crippen LogP) is 5.16. The van der Waals surface area contributed by atoms with Crippen molar-refractivity contribution in [2.24, 2.45) is 5.73 Å². The SMILES string of the molecule is NC1Cc2ccc(OCc3c(F)cccc3Cl)cc2N(S(=O)(=O)c2cccc(C(F)(F)F)c2)C1. The molecule has 180 valence electrons. The van der Waals surface area contributed by atoms with Crippen molar-refractivity contribution in [1.29, 1.82) is 0 Å². The van der Waals surface area contributed by atoms with Gasteiger partial charge in [0.05, 0.1) is 21.2 Å². The van der Waals surface area contributed by atoms with Crippen LogP contribution in [0, 0.1) is 5.82 Å². The molecule has 1 heterocycles. The van der Waals surface area contributed by atoms with Crippen LogP contribution in [0.4, 0.5) is 23.2 Å². The van der Waals surface area contributed by atoms with Crippen molar-refractivity contribution in [3.05, 3.63) is 88.2 Å². The van der Waals surface area contributed by atoms with Crippen LogP contribution in [0.2, 0.25) is 5.02 Å². The van der Waals surface area contributed by atoms with Crippen LogP contribution in [0.15, 0.2) is 65.6 Å². The molecular weight excluding hydrogens is 496 g/mol. The number of alkyl halides is 3. The van der Waals surface area contributed by atoms with E-state index in [1.807, 2.05) is 0 Å². The summed E-state index contributed by atoms with van der Waals surface area (Å²) in [6.45, 7) is -0.335. The van der Waals surface area contributed by atoms with Crippen molar-refractivity contribution in [3.63, 3.8) is 0 Å². The molecule has 0 saturated carbocycles. The topological polar surface area (TPSA) is 72.6 Å². The van der Waals surface area contributed by atoms with Gasteiger partial charge < -0.3 is 10.5 Å². The average molecular weight is 515 g/mol. The molecule has 0 bridgehead atoms. The first kappa shape index (κ1) is 24.3. The zero-order valence-electron chi connectivity index (χ0n) is 17.5. The van der Waals surface area contributed by atoms with Crippen molar-refractivity contribution < 1.29 is 30.7 Å². The number of nitrogens with two attached hydrogens (primary N) is 1. The fraction of sp³-hybridized carbons (Fsp3) is 0.217. The Morgan fingerprint density at radius 3 is 2.53 bits per heavy atom. The molecule has 0 spiro atoms. The lowest BCUT2D eigenvalue weighted by Crippen LogP contribution is -2.46. The Kier molecular flexibility index (Phi) is 6.50. The summed E-state index contributed by atoms with van der Waals surface area (Å²) in [5, 5.41) is 0.178. The van der Waals surface area contributed by atoms with Crippen molar-refractivity contribution in [2.45, 2.75) is 30.1 Å². The number of benzene rings is 3. The number of hydrogen-bond donors (Lipinski definition) is 1. The van der Waals surface area contributed by atoms with E-state index >= 15 is 0 Å². The molecular formula is C23H19ClF4N2O3S. The maximum atomic E-state index is 14.0. The highest BCUT2D eigenvalue weighted by atomic mass is 35.5. The minimum atomic E-state index is -4.70. The van der Waals surface area contributed by atoms with Gasteiger partial charge in [-0.25, -0.2) is 12.8 Å². The fourth-order valence-corrected chi connectivity index (χ4v) is 5.53. The Hall–Kier alpha value is -2.82. The smallest absolute Gasteiger partial charge is 0.416 e. The third-order valence-corrected chi connectivity index (χ3v) is 7.53. The molecule has 11 heteroatoms. The van der Waals surface area contributed by atoms with Gasteiger partial charge in [-0.1, -0.05) is 29.8 Å². The molecule has 1 atom stereocenters. The largest absolute Gasteiger partial charge is 0.489 e. The van der Waals surface area contributed by atoms with E-state index in [0.29, 0.717) is 18.1 Å². The number of rotatable bonds is 5. The van der Waals surface area contributed by atoms with Gasteiger partial charge in [-0.3, -0.25) is 4.31 Å². The van der Waals surface area contributed by atoms with E-state index in [1.165, 1.54) is 24.3 Å². The van der Waals surface area contributed by atoms with Gasteiger partial charge in [-0.15, -0.1) is 0 Å². The Bertz CT molecular complexity index is 1310. The number of anilines is 1. The molecule has 0 amide bonds. The first-order valence-corrected chi connectivity index (χ1v) is 11.9. The number of ether oxygens (including phenoxy) is 1. The molecule has 0 saturated heterocycles. The molecule has 3 aromatic carbocycles. The standard InChI is InChI=1S/C23H19ClF4N2O3S/c24-20-5-2-6-21(25)19(20)13-33-17-8-7-14-9-16(29)12-30(22(14)11-17)34(31,32)18-4-1-3-15(10-18)23(26,27)28/h1-8,10-11,16H,9,12-13,29H2. The Morgan fingerprint density at radius 2 is 1.82 bits per heavy atom. The van der Waals surface area contributed by atoms with Crippen molar-refractivity contribution >= 4 is 27.3 Å². The van der Waals surface area contributed by atoms with Crippen molar-refractivity contribution in [1.82, 2.24) is 0 Å². The van der Waals surface area contributed by atoms with Crippen LogP contribution >= 0.6 is 11.6 Å². The monoisotopic (exact) mass is 514 g/mol. The zero-order valence-corrected chi connectivity index (χ0v) is 19.1. The zero-order chi connectivity index (χ0) is 24.7.